The van der Waals surface area contributed by atoms with Crippen molar-refractivity contribution in [3.63, 3.8) is 0 Å². The number of aromatic nitrogens is 3. The molecule has 0 radical (unpaired) electrons. The number of carbonyl (C=O) groups is 1. The summed E-state index contributed by atoms with van der Waals surface area (Å²) in [5.41, 5.74) is 5.73. The zero-order chi connectivity index (χ0) is 23.4. The number of pyridine rings is 1. The number of nitrogens with zero attached hydrogens (tertiary/aromatic N) is 4. The molecule has 0 bridgehead atoms. The number of anilines is 3. The molecule has 2 aromatic heterocycles. The Balaban J connectivity index is 1.42. The molecule has 8 nitrogen and oxygen atoms in total. The smallest absolute Gasteiger partial charge is 0.238 e. The van der Waals surface area contributed by atoms with E-state index in [1.165, 1.54) is 0 Å². The molecule has 1 unspecified atom stereocenters. The molecule has 1 aliphatic rings. The molecule has 3 heterocycles. The molecule has 0 spiro atoms. The lowest BCUT2D eigenvalue weighted by atomic mass is 9.93. The number of likely N-dealkylation sites (tertiary alicyclic amines) is 1. The summed E-state index contributed by atoms with van der Waals surface area (Å²) in [6.07, 6.45) is 3.80. The average molecular weight is 449 g/mol. The maximum absolute atomic E-state index is 12.6. The number of hydrogen-bond donors (Lipinski definition) is 2. The predicted octanol–water partition coefficient (Wildman–Crippen LogP) is 4.00. The van der Waals surface area contributed by atoms with Crippen LogP contribution < -0.4 is 15.4 Å². The van der Waals surface area contributed by atoms with E-state index in [1.807, 2.05) is 51.2 Å². The minimum absolute atomic E-state index is 0.00988. The molecule has 4 rings (SSSR count). The predicted molar refractivity (Wildman–Crippen MR) is 130 cm³/mol. The minimum Gasteiger partial charge on any atom is -0.497 e. The first kappa shape index (κ1) is 22.8. The zero-order valence-electron chi connectivity index (χ0n) is 19.8. The highest BCUT2D eigenvalue weighted by atomic mass is 16.5. The molecular formula is C25H32N6O2. The van der Waals surface area contributed by atoms with E-state index in [9.17, 15) is 4.79 Å². The summed E-state index contributed by atoms with van der Waals surface area (Å²) in [6.45, 7) is 6.06. The average Bonchev–Trinajstić information content (AvgIpc) is 3.11. The Morgan fingerprint density at radius 3 is 2.82 bits per heavy atom. The van der Waals surface area contributed by atoms with Crippen LogP contribution in [-0.4, -0.2) is 52.3 Å². The molecule has 1 amide bonds. The van der Waals surface area contributed by atoms with Crippen molar-refractivity contribution in [1.29, 1.82) is 0 Å². The Morgan fingerprint density at radius 2 is 2.06 bits per heavy atom. The van der Waals surface area contributed by atoms with Gasteiger partial charge in [0.1, 0.15) is 5.75 Å². The van der Waals surface area contributed by atoms with Gasteiger partial charge >= 0.3 is 0 Å². The largest absolute Gasteiger partial charge is 0.497 e. The molecule has 1 aromatic carbocycles. The first-order valence-corrected chi connectivity index (χ1v) is 11.3. The first-order valence-electron chi connectivity index (χ1n) is 11.3. The van der Waals surface area contributed by atoms with Gasteiger partial charge in [-0.3, -0.25) is 19.4 Å². The van der Waals surface area contributed by atoms with Gasteiger partial charge in [0.2, 0.25) is 5.91 Å². The number of benzene rings is 1. The molecule has 8 heteroatoms. The Bertz CT molecular complexity index is 1130. The van der Waals surface area contributed by atoms with Crippen LogP contribution in [0.3, 0.4) is 0 Å². The molecule has 0 saturated carbocycles. The van der Waals surface area contributed by atoms with Gasteiger partial charge in [0, 0.05) is 48.3 Å². The van der Waals surface area contributed by atoms with E-state index in [4.69, 9.17) is 9.72 Å². The van der Waals surface area contributed by atoms with Gasteiger partial charge in [-0.2, -0.15) is 5.10 Å². The lowest BCUT2D eigenvalue weighted by Crippen LogP contribution is -2.40. The van der Waals surface area contributed by atoms with Gasteiger partial charge in [-0.15, -0.1) is 0 Å². The molecule has 3 aromatic rings. The van der Waals surface area contributed by atoms with Gasteiger partial charge in [-0.25, -0.2) is 0 Å². The number of methoxy groups -OCH3 is 1. The molecule has 174 valence electrons. The summed E-state index contributed by atoms with van der Waals surface area (Å²) in [7, 11) is 3.53. The SMILES string of the molecule is COc1cccc(Nc2cc(C)nc(C3CCCN(CC(=O)Nc4cnn(C)c4C)C3)c2)c1. The monoisotopic (exact) mass is 448 g/mol. The quantitative estimate of drug-likeness (QED) is 0.568. The van der Waals surface area contributed by atoms with Gasteiger partial charge < -0.3 is 15.4 Å². The molecule has 2 N–H and O–H groups in total. The van der Waals surface area contributed by atoms with Gasteiger partial charge in [0.05, 0.1) is 31.2 Å². The van der Waals surface area contributed by atoms with Crippen molar-refractivity contribution in [1.82, 2.24) is 19.7 Å². The number of amides is 1. The summed E-state index contributed by atoms with van der Waals surface area (Å²) in [5, 5.41) is 10.7. The van der Waals surface area contributed by atoms with Crippen molar-refractivity contribution in [3.8, 4) is 5.75 Å². The van der Waals surface area contributed by atoms with Crippen molar-refractivity contribution in [2.45, 2.75) is 32.6 Å². The van der Waals surface area contributed by atoms with Crippen molar-refractivity contribution >= 4 is 23.0 Å². The highest BCUT2D eigenvalue weighted by Gasteiger charge is 2.24. The van der Waals surface area contributed by atoms with Crippen LogP contribution >= 0.6 is 0 Å². The Hall–Kier alpha value is -3.39. The van der Waals surface area contributed by atoms with Gasteiger partial charge in [0.15, 0.2) is 0 Å². The lowest BCUT2D eigenvalue weighted by Gasteiger charge is -2.32. The van der Waals surface area contributed by atoms with Crippen LogP contribution in [0.15, 0.2) is 42.6 Å². The van der Waals surface area contributed by atoms with Crippen molar-refractivity contribution in [2.75, 3.05) is 37.4 Å². The molecule has 1 fully saturated rings. The number of carbonyl (C=O) groups excluding carboxylic acids is 1. The van der Waals surface area contributed by atoms with Crippen LogP contribution in [-0.2, 0) is 11.8 Å². The molecule has 0 aliphatic carbocycles. The summed E-state index contributed by atoms with van der Waals surface area (Å²) in [5.74, 6) is 1.09. The van der Waals surface area contributed by atoms with E-state index >= 15 is 0 Å². The normalized spacial score (nSPS) is 16.4. The highest BCUT2D eigenvalue weighted by Crippen LogP contribution is 2.29. The number of rotatable bonds is 7. The fourth-order valence-corrected chi connectivity index (χ4v) is 4.30. The number of piperidine rings is 1. The number of ether oxygens (including phenoxy) is 1. The lowest BCUT2D eigenvalue weighted by molar-refractivity contribution is -0.117. The van der Waals surface area contributed by atoms with Crippen LogP contribution in [0, 0.1) is 13.8 Å². The number of aryl methyl sites for hydroxylation is 2. The summed E-state index contributed by atoms with van der Waals surface area (Å²) < 4.78 is 7.09. The van der Waals surface area contributed by atoms with Gasteiger partial charge in [0.25, 0.3) is 0 Å². The number of nitrogens with one attached hydrogen (secondary N) is 2. The third-order valence-electron chi connectivity index (χ3n) is 6.13. The second-order valence-corrected chi connectivity index (χ2v) is 8.67. The minimum atomic E-state index is -0.00988. The van der Waals surface area contributed by atoms with Crippen LogP contribution in [0.5, 0.6) is 5.75 Å². The summed E-state index contributed by atoms with van der Waals surface area (Å²) in [4.78, 5) is 19.7. The fourth-order valence-electron chi connectivity index (χ4n) is 4.30. The maximum atomic E-state index is 12.6. The zero-order valence-corrected chi connectivity index (χ0v) is 19.8. The van der Waals surface area contributed by atoms with Crippen LogP contribution in [0.2, 0.25) is 0 Å². The molecule has 1 aliphatic heterocycles. The first-order chi connectivity index (χ1) is 15.9. The van der Waals surface area contributed by atoms with E-state index < -0.39 is 0 Å². The van der Waals surface area contributed by atoms with E-state index in [0.717, 1.165) is 65.8 Å². The van der Waals surface area contributed by atoms with E-state index in [0.29, 0.717) is 6.54 Å². The summed E-state index contributed by atoms with van der Waals surface area (Å²) >= 11 is 0. The third kappa shape index (κ3) is 5.70. The van der Waals surface area contributed by atoms with Crippen molar-refractivity contribution in [2.24, 2.45) is 7.05 Å². The fraction of sp³-hybridized carbons (Fsp3) is 0.400. The second kappa shape index (κ2) is 10.0. The molecular weight excluding hydrogens is 416 g/mol. The Labute approximate surface area is 195 Å². The van der Waals surface area contributed by atoms with Crippen LogP contribution in [0.4, 0.5) is 17.1 Å². The molecule has 1 saturated heterocycles. The Kier molecular flexibility index (Phi) is 6.93. The third-order valence-corrected chi connectivity index (χ3v) is 6.13. The van der Waals surface area contributed by atoms with Crippen molar-refractivity contribution in [3.05, 3.63) is 59.7 Å². The van der Waals surface area contributed by atoms with Gasteiger partial charge in [-0.05, 0) is 57.5 Å². The summed E-state index contributed by atoms with van der Waals surface area (Å²) in [6, 6.07) is 12.1. The number of hydrogen-bond acceptors (Lipinski definition) is 6. The van der Waals surface area contributed by atoms with E-state index in [2.05, 4.69) is 26.7 Å². The van der Waals surface area contributed by atoms with Crippen LogP contribution in [0.1, 0.15) is 35.8 Å². The van der Waals surface area contributed by atoms with E-state index in [1.54, 1.807) is 18.0 Å². The van der Waals surface area contributed by atoms with Crippen molar-refractivity contribution < 1.29 is 9.53 Å². The van der Waals surface area contributed by atoms with Crippen LogP contribution in [0.25, 0.3) is 0 Å². The second-order valence-electron chi connectivity index (χ2n) is 8.67. The molecule has 33 heavy (non-hydrogen) atoms. The molecule has 1 atom stereocenters. The van der Waals surface area contributed by atoms with Gasteiger partial charge in [-0.1, -0.05) is 6.07 Å². The topological polar surface area (TPSA) is 84.3 Å². The van der Waals surface area contributed by atoms with E-state index in [-0.39, 0.29) is 11.8 Å². The Morgan fingerprint density at radius 1 is 1.21 bits per heavy atom. The standard InChI is InChI=1S/C25H32N6O2/c1-17-11-21(28-20-8-5-9-22(12-20)33-4)13-23(27-17)19-7-6-10-31(15-19)16-25(32)29-24-14-26-30(3)18(24)2/h5,8-9,11-14,19H,6-7,10,15-16H2,1-4H3,(H,27,28)(H,29,32). The maximum Gasteiger partial charge on any atom is 0.238 e. The highest BCUT2D eigenvalue weighted by molar-refractivity contribution is 5.92.